The number of hydrogen-bond donors (Lipinski definition) is 1. The number of nitrogens with zero attached hydrogens (tertiary/aromatic N) is 3. The Labute approximate surface area is 207 Å². The van der Waals surface area contributed by atoms with Crippen molar-refractivity contribution in [3.8, 4) is 16.9 Å². The van der Waals surface area contributed by atoms with Crippen LogP contribution in [0, 0.1) is 0 Å². The first kappa shape index (κ1) is 23.5. The highest BCUT2D eigenvalue weighted by atomic mass is 16.5. The van der Waals surface area contributed by atoms with Crippen LogP contribution in [0.5, 0.6) is 5.75 Å². The van der Waals surface area contributed by atoms with Crippen LogP contribution in [0.15, 0.2) is 73.1 Å². The molecular weight excluding hydrogens is 438 g/mol. The number of ether oxygens (including phenoxy) is 1. The molecule has 182 valence electrons. The molecule has 5 rings (SSSR count). The molecule has 3 aromatic rings. The van der Waals surface area contributed by atoms with Crippen molar-refractivity contribution in [3.05, 3.63) is 84.2 Å². The zero-order chi connectivity index (χ0) is 24.2. The van der Waals surface area contributed by atoms with Crippen molar-refractivity contribution < 1.29 is 14.6 Å². The summed E-state index contributed by atoms with van der Waals surface area (Å²) in [7, 11) is 1.67. The van der Waals surface area contributed by atoms with Crippen LogP contribution in [0.2, 0.25) is 0 Å². The van der Waals surface area contributed by atoms with Gasteiger partial charge in [0, 0.05) is 43.5 Å². The minimum atomic E-state index is 0.0992. The number of pyridine rings is 1. The number of methoxy groups -OCH3 is 1. The van der Waals surface area contributed by atoms with Gasteiger partial charge >= 0.3 is 0 Å². The highest BCUT2D eigenvalue weighted by molar-refractivity contribution is 5.78. The molecule has 6 heteroatoms. The van der Waals surface area contributed by atoms with Crippen LogP contribution >= 0.6 is 0 Å². The van der Waals surface area contributed by atoms with Crippen LogP contribution in [-0.2, 0) is 11.2 Å². The fraction of sp³-hybridized carbons (Fsp3) is 0.379. The van der Waals surface area contributed by atoms with Crippen LogP contribution < -0.4 is 4.74 Å². The summed E-state index contributed by atoms with van der Waals surface area (Å²) < 4.78 is 5.27. The van der Waals surface area contributed by atoms with E-state index in [-0.39, 0.29) is 30.5 Å². The Bertz CT molecular complexity index is 1120. The summed E-state index contributed by atoms with van der Waals surface area (Å²) in [5.41, 5.74) is 4.52. The van der Waals surface area contributed by atoms with E-state index in [0.29, 0.717) is 13.0 Å². The van der Waals surface area contributed by atoms with E-state index in [0.717, 1.165) is 48.4 Å². The third-order valence-electron chi connectivity index (χ3n) is 7.55. The molecular formula is C29H33N3O3. The molecule has 2 aromatic carbocycles. The molecule has 2 saturated heterocycles. The second-order valence-electron chi connectivity index (χ2n) is 9.51. The number of fused-ring (bicyclic) bond motifs is 1. The molecule has 3 atom stereocenters. The standard InChI is InChI=1S/C29H33N3O3/c1-35-25-10-8-23(9-11-25)22-4-6-24(7-5-22)29-26-19-31(16-2-3-17-32(26)27(29)20-33)28(34)18-21-12-14-30-15-13-21/h4-15,26-27,29,33H,2-3,16-20H2,1H3/t26-,27-,29+/m0/s1. The molecule has 0 saturated carbocycles. The average Bonchev–Trinajstić information content (AvgIpc) is 2.89. The van der Waals surface area contributed by atoms with Crippen molar-refractivity contribution in [2.24, 2.45) is 0 Å². The highest BCUT2D eigenvalue weighted by Gasteiger charge is 2.49. The summed E-state index contributed by atoms with van der Waals surface area (Å²) in [6, 6.07) is 20.9. The summed E-state index contributed by atoms with van der Waals surface area (Å²) in [5, 5.41) is 10.2. The number of aliphatic hydroxyl groups excluding tert-OH is 1. The van der Waals surface area contributed by atoms with Crippen LogP contribution in [0.25, 0.3) is 11.1 Å². The van der Waals surface area contributed by atoms with Gasteiger partial charge in [-0.3, -0.25) is 14.7 Å². The normalized spacial score (nSPS) is 22.5. The van der Waals surface area contributed by atoms with Crippen LogP contribution in [-0.4, -0.2) is 71.2 Å². The number of rotatable bonds is 6. The molecule has 0 radical (unpaired) electrons. The highest BCUT2D eigenvalue weighted by Crippen LogP contribution is 2.42. The van der Waals surface area contributed by atoms with E-state index in [1.54, 1.807) is 19.5 Å². The summed E-state index contributed by atoms with van der Waals surface area (Å²) in [6.07, 6.45) is 5.90. The molecule has 35 heavy (non-hydrogen) atoms. The fourth-order valence-electron chi connectivity index (χ4n) is 5.64. The third-order valence-corrected chi connectivity index (χ3v) is 7.55. The monoisotopic (exact) mass is 471 g/mol. The van der Waals surface area contributed by atoms with E-state index in [9.17, 15) is 9.90 Å². The Morgan fingerprint density at radius 3 is 2.29 bits per heavy atom. The van der Waals surface area contributed by atoms with Gasteiger partial charge in [-0.1, -0.05) is 36.4 Å². The number of amides is 1. The molecule has 2 fully saturated rings. The smallest absolute Gasteiger partial charge is 0.227 e. The van der Waals surface area contributed by atoms with Gasteiger partial charge < -0.3 is 14.7 Å². The van der Waals surface area contributed by atoms with Gasteiger partial charge in [0.2, 0.25) is 5.91 Å². The molecule has 6 nitrogen and oxygen atoms in total. The molecule has 0 bridgehead atoms. The Kier molecular flexibility index (Phi) is 7.11. The van der Waals surface area contributed by atoms with E-state index in [4.69, 9.17) is 4.74 Å². The number of aromatic nitrogens is 1. The Morgan fingerprint density at radius 2 is 1.63 bits per heavy atom. The van der Waals surface area contributed by atoms with Gasteiger partial charge in [0.05, 0.1) is 20.1 Å². The quantitative estimate of drug-likeness (QED) is 0.593. The molecule has 2 aliphatic heterocycles. The zero-order valence-electron chi connectivity index (χ0n) is 20.2. The predicted octanol–water partition coefficient (Wildman–Crippen LogP) is 3.75. The zero-order valence-corrected chi connectivity index (χ0v) is 20.2. The lowest BCUT2D eigenvalue weighted by molar-refractivity contribution is -0.135. The number of carbonyl (C=O) groups is 1. The molecule has 0 aliphatic carbocycles. The maximum absolute atomic E-state index is 13.2. The van der Waals surface area contributed by atoms with Gasteiger partial charge in [0.25, 0.3) is 0 Å². The lowest BCUT2D eigenvalue weighted by atomic mass is 9.74. The van der Waals surface area contributed by atoms with Gasteiger partial charge in [0.15, 0.2) is 0 Å². The van der Waals surface area contributed by atoms with Crippen molar-refractivity contribution in [2.45, 2.75) is 37.3 Å². The van der Waals surface area contributed by atoms with Crippen LogP contribution in [0.4, 0.5) is 0 Å². The minimum absolute atomic E-state index is 0.0992. The Morgan fingerprint density at radius 1 is 0.971 bits per heavy atom. The fourth-order valence-corrected chi connectivity index (χ4v) is 5.64. The van der Waals surface area contributed by atoms with Crippen LogP contribution in [0.3, 0.4) is 0 Å². The number of aliphatic hydroxyl groups is 1. The first-order valence-corrected chi connectivity index (χ1v) is 12.5. The Balaban J connectivity index is 1.33. The SMILES string of the molecule is COc1ccc(-c2ccc([C@H]3[C@H](CO)N4CCCCN(C(=O)Cc5ccncc5)C[C@@H]34)cc2)cc1. The van der Waals surface area contributed by atoms with E-state index in [1.807, 2.05) is 29.2 Å². The van der Waals surface area contributed by atoms with Crippen molar-refractivity contribution in [2.75, 3.05) is 33.4 Å². The average molecular weight is 472 g/mol. The summed E-state index contributed by atoms with van der Waals surface area (Å²) in [4.78, 5) is 21.7. The molecule has 3 heterocycles. The van der Waals surface area contributed by atoms with Gasteiger partial charge in [-0.05, 0) is 65.9 Å². The first-order valence-electron chi connectivity index (χ1n) is 12.5. The number of hydrogen-bond acceptors (Lipinski definition) is 5. The Hall–Kier alpha value is -3.22. The van der Waals surface area contributed by atoms with Crippen molar-refractivity contribution in [1.29, 1.82) is 0 Å². The molecule has 1 amide bonds. The largest absolute Gasteiger partial charge is 0.497 e. The van der Waals surface area contributed by atoms with Gasteiger partial charge in [0.1, 0.15) is 5.75 Å². The maximum atomic E-state index is 13.2. The molecule has 1 aromatic heterocycles. The van der Waals surface area contributed by atoms with Crippen molar-refractivity contribution >= 4 is 5.91 Å². The molecule has 0 spiro atoms. The lowest BCUT2D eigenvalue weighted by Gasteiger charge is -2.57. The second kappa shape index (κ2) is 10.6. The van der Waals surface area contributed by atoms with E-state index in [2.05, 4.69) is 46.3 Å². The van der Waals surface area contributed by atoms with E-state index in [1.165, 1.54) is 5.56 Å². The molecule has 2 aliphatic rings. The minimum Gasteiger partial charge on any atom is -0.497 e. The first-order chi connectivity index (χ1) is 17.2. The van der Waals surface area contributed by atoms with Crippen LogP contribution in [0.1, 0.15) is 29.9 Å². The van der Waals surface area contributed by atoms with Gasteiger partial charge in [-0.25, -0.2) is 0 Å². The molecule has 0 unspecified atom stereocenters. The van der Waals surface area contributed by atoms with Crippen molar-refractivity contribution in [3.63, 3.8) is 0 Å². The maximum Gasteiger partial charge on any atom is 0.227 e. The molecule has 1 N–H and O–H groups in total. The van der Waals surface area contributed by atoms with Crippen molar-refractivity contribution in [1.82, 2.24) is 14.8 Å². The number of carbonyl (C=O) groups excluding carboxylic acids is 1. The summed E-state index contributed by atoms with van der Waals surface area (Å²) >= 11 is 0. The third kappa shape index (κ3) is 4.95. The number of benzene rings is 2. The summed E-state index contributed by atoms with van der Waals surface area (Å²) in [6.45, 7) is 2.60. The predicted molar refractivity (Wildman–Crippen MR) is 136 cm³/mol. The van der Waals surface area contributed by atoms with E-state index < -0.39 is 0 Å². The van der Waals surface area contributed by atoms with E-state index >= 15 is 0 Å². The summed E-state index contributed by atoms with van der Waals surface area (Å²) in [5.74, 6) is 1.22. The topological polar surface area (TPSA) is 65.9 Å². The van der Waals surface area contributed by atoms with Gasteiger partial charge in [-0.2, -0.15) is 0 Å². The van der Waals surface area contributed by atoms with Gasteiger partial charge in [-0.15, -0.1) is 0 Å². The lowest BCUT2D eigenvalue weighted by Crippen LogP contribution is -2.68. The second-order valence-corrected chi connectivity index (χ2v) is 9.51.